The molecule has 0 N–H and O–H groups in total. The average molecular weight is 652 g/mol. The van der Waals surface area contributed by atoms with Gasteiger partial charge in [0.2, 0.25) is 0 Å². The molecular weight excluding hydrogens is 619 g/mol. The first-order valence-corrected chi connectivity index (χ1v) is 18.4. The third kappa shape index (κ3) is 6.47. The van der Waals surface area contributed by atoms with Gasteiger partial charge in [-0.25, -0.2) is 25.3 Å². The standard InChI is InChI=1S/C27H32F3NO8S3/c1-26(2,42(37,38)21-7-5-6-18(14-21)27(28,29)30)17-10-12-31(13-11-17)25(32)24-22(40(3,33)34)15-20(39-19-8-9-19)16-23(24)41(4,35)36/h5-7,14-17,19H,8-13H2,1-4H3. The second-order valence-electron chi connectivity index (χ2n) is 11.4. The number of ether oxygens (including phenoxy) is 1. The maximum Gasteiger partial charge on any atom is 0.416 e. The number of piperidine rings is 1. The van der Waals surface area contributed by atoms with Crippen molar-refractivity contribution in [1.29, 1.82) is 0 Å². The van der Waals surface area contributed by atoms with E-state index in [4.69, 9.17) is 4.74 Å². The smallest absolute Gasteiger partial charge is 0.416 e. The van der Waals surface area contributed by atoms with E-state index in [9.17, 15) is 43.2 Å². The molecule has 1 saturated heterocycles. The highest BCUT2D eigenvalue weighted by atomic mass is 32.2. The van der Waals surface area contributed by atoms with E-state index in [1.54, 1.807) is 0 Å². The summed E-state index contributed by atoms with van der Waals surface area (Å²) < 4.78 is 122. The SMILES string of the molecule is CC(C)(C1CCN(C(=O)c2c(S(C)(=O)=O)cc(OC3CC3)cc2S(C)(=O)=O)CC1)S(=O)(=O)c1cccc(C(F)(F)F)c1. The summed E-state index contributed by atoms with van der Waals surface area (Å²) in [6.07, 6.45) is -1.45. The van der Waals surface area contributed by atoms with Crippen molar-refractivity contribution in [2.45, 2.75) is 71.2 Å². The normalized spacial score (nSPS) is 17.7. The first kappa shape index (κ1) is 32.3. The van der Waals surface area contributed by atoms with Crippen LogP contribution < -0.4 is 4.74 Å². The molecule has 42 heavy (non-hydrogen) atoms. The number of nitrogens with zero attached hydrogens (tertiary/aromatic N) is 1. The Labute approximate surface area is 243 Å². The van der Waals surface area contributed by atoms with Gasteiger partial charge in [-0.2, -0.15) is 13.2 Å². The summed E-state index contributed by atoms with van der Waals surface area (Å²) in [6.45, 7) is 2.79. The summed E-state index contributed by atoms with van der Waals surface area (Å²) in [5.41, 5.74) is -1.59. The molecule has 2 fully saturated rings. The van der Waals surface area contributed by atoms with Crippen molar-refractivity contribution in [3.63, 3.8) is 0 Å². The average Bonchev–Trinajstić information content (AvgIpc) is 3.70. The van der Waals surface area contributed by atoms with Gasteiger partial charge in [-0.3, -0.25) is 4.79 Å². The molecule has 15 heteroatoms. The zero-order chi connectivity index (χ0) is 31.5. The van der Waals surface area contributed by atoms with Gasteiger partial charge in [-0.1, -0.05) is 6.07 Å². The third-order valence-corrected chi connectivity index (χ3v) is 12.6. The molecule has 0 aromatic heterocycles. The Hall–Kier alpha value is -2.65. The Balaban J connectivity index is 1.63. The maximum absolute atomic E-state index is 13.7. The van der Waals surface area contributed by atoms with Crippen LogP contribution in [0.5, 0.6) is 5.75 Å². The van der Waals surface area contributed by atoms with E-state index < -0.39 is 78.1 Å². The Kier molecular flexibility index (Phi) is 8.30. The largest absolute Gasteiger partial charge is 0.490 e. The molecule has 232 valence electrons. The number of sulfone groups is 3. The first-order valence-electron chi connectivity index (χ1n) is 13.1. The number of likely N-dealkylation sites (tertiary alicyclic amines) is 1. The molecule has 1 aliphatic heterocycles. The summed E-state index contributed by atoms with van der Waals surface area (Å²) in [5, 5.41) is 0. The summed E-state index contributed by atoms with van der Waals surface area (Å²) in [6, 6.07) is 5.83. The topological polar surface area (TPSA) is 132 Å². The maximum atomic E-state index is 13.7. The third-order valence-electron chi connectivity index (χ3n) is 7.81. The van der Waals surface area contributed by atoms with E-state index in [2.05, 4.69) is 0 Å². The number of hydrogen-bond acceptors (Lipinski definition) is 8. The van der Waals surface area contributed by atoms with Gasteiger partial charge in [0.1, 0.15) is 5.75 Å². The van der Waals surface area contributed by atoms with Crippen molar-refractivity contribution < 1.29 is 48.0 Å². The van der Waals surface area contributed by atoms with Crippen molar-refractivity contribution in [1.82, 2.24) is 4.90 Å². The molecule has 0 bridgehead atoms. The fraction of sp³-hybridized carbons (Fsp3) is 0.519. The summed E-state index contributed by atoms with van der Waals surface area (Å²) in [5.74, 6) is -1.39. The number of benzene rings is 2. The lowest BCUT2D eigenvalue weighted by molar-refractivity contribution is -0.137. The zero-order valence-corrected chi connectivity index (χ0v) is 25.9. The van der Waals surface area contributed by atoms with Gasteiger partial charge in [0.25, 0.3) is 5.91 Å². The second-order valence-corrected chi connectivity index (χ2v) is 17.9. The van der Waals surface area contributed by atoms with Gasteiger partial charge in [0, 0.05) is 25.6 Å². The van der Waals surface area contributed by atoms with Crippen LogP contribution in [-0.4, -0.2) is 72.5 Å². The fourth-order valence-corrected chi connectivity index (χ4v) is 8.79. The predicted octanol–water partition coefficient (Wildman–Crippen LogP) is 4.16. The molecule has 1 heterocycles. The van der Waals surface area contributed by atoms with E-state index in [-0.39, 0.29) is 37.8 Å². The summed E-state index contributed by atoms with van der Waals surface area (Å²) in [4.78, 5) is 13.5. The molecule has 1 aliphatic carbocycles. The van der Waals surface area contributed by atoms with Gasteiger partial charge in [-0.05, 0) is 75.8 Å². The van der Waals surface area contributed by atoms with Crippen LogP contribution in [0.3, 0.4) is 0 Å². The van der Waals surface area contributed by atoms with Crippen LogP contribution in [0.25, 0.3) is 0 Å². The fourth-order valence-electron chi connectivity index (χ4n) is 5.11. The molecule has 2 aromatic carbocycles. The Morgan fingerprint density at radius 1 is 0.857 bits per heavy atom. The van der Waals surface area contributed by atoms with Crippen molar-refractivity contribution >= 4 is 35.4 Å². The molecule has 0 unspecified atom stereocenters. The molecule has 4 rings (SSSR count). The van der Waals surface area contributed by atoms with Crippen molar-refractivity contribution in [3.05, 3.63) is 47.5 Å². The number of amides is 1. The lowest BCUT2D eigenvalue weighted by atomic mass is 9.85. The van der Waals surface area contributed by atoms with Crippen LogP contribution in [0, 0.1) is 5.92 Å². The minimum atomic E-state index is -4.72. The van der Waals surface area contributed by atoms with E-state index in [1.807, 2.05) is 0 Å². The molecule has 0 atom stereocenters. The molecule has 0 radical (unpaired) electrons. The van der Waals surface area contributed by atoms with Crippen molar-refractivity contribution in [2.24, 2.45) is 5.92 Å². The second kappa shape index (κ2) is 10.8. The van der Waals surface area contributed by atoms with Crippen LogP contribution in [0.4, 0.5) is 13.2 Å². The zero-order valence-electron chi connectivity index (χ0n) is 23.4. The number of alkyl halides is 3. The lowest BCUT2D eigenvalue weighted by Gasteiger charge is -2.40. The molecule has 2 aliphatic rings. The van der Waals surface area contributed by atoms with E-state index >= 15 is 0 Å². The Bertz CT molecular complexity index is 1670. The monoisotopic (exact) mass is 651 g/mol. The van der Waals surface area contributed by atoms with Gasteiger partial charge >= 0.3 is 6.18 Å². The van der Waals surface area contributed by atoms with Crippen LogP contribution >= 0.6 is 0 Å². The van der Waals surface area contributed by atoms with E-state index in [1.165, 1.54) is 18.7 Å². The van der Waals surface area contributed by atoms with E-state index in [0.29, 0.717) is 6.07 Å². The minimum Gasteiger partial charge on any atom is -0.490 e. The number of hydrogen-bond donors (Lipinski definition) is 0. The number of halogens is 3. The van der Waals surface area contributed by atoms with Gasteiger partial charge in [0.15, 0.2) is 29.5 Å². The van der Waals surface area contributed by atoms with Gasteiger partial charge in [0.05, 0.1) is 36.7 Å². The predicted molar refractivity (Wildman–Crippen MR) is 148 cm³/mol. The van der Waals surface area contributed by atoms with Crippen LogP contribution in [-0.2, 0) is 35.7 Å². The first-order chi connectivity index (χ1) is 19.1. The summed E-state index contributed by atoms with van der Waals surface area (Å²) >= 11 is 0. The van der Waals surface area contributed by atoms with Crippen molar-refractivity contribution in [3.8, 4) is 5.75 Å². The quantitative estimate of drug-likeness (QED) is 0.416. The number of carbonyl (C=O) groups is 1. The Morgan fingerprint density at radius 2 is 1.38 bits per heavy atom. The molecule has 9 nitrogen and oxygen atoms in total. The van der Waals surface area contributed by atoms with Crippen LogP contribution in [0.1, 0.15) is 55.5 Å². The van der Waals surface area contributed by atoms with Gasteiger partial charge < -0.3 is 9.64 Å². The highest BCUT2D eigenvalue weighted by Gasteiger charge is 2.45. The number of carbonyl (C=O) groups excluding carboxylic acids is 1. The lowest BCUT2D eigenvalue weighted by Crippen LogP contribution is -2.48. The van der Waals surface area contributed by atoms with E-state index in [0.717, 1.165) is 55.7 Å². The van der Waals surface area contributed by atoms with Crippen molar-refractivity contribution in [2.75, 3.05) is 25.6 Å². The van der Waals surface area contributed by atoms with Crippen LogP contribution in [0.15, 0.2) is 51.1 Å². The molecule has 1 amide bonds. The number of rotatable bonds is 8. The molecular formula is C27H32F3NO8S3. The minimum absolute atomic E-state index is 0.0233. The van der Waals surface area contributed by atoms with Gasteiger partial charge in [-0.15, -0.1) is 0 Å². The highest BCUT2D eigenvalue weighted by Crippen LogP contribution is 2.41. The molecule has 2 aromatic rings. The van der Waals surface area contributed by atoms with Crippen LogP contribution in [0.2, 0.25) is 0 Å². The highest BCUT2D eigenvalue weighted by molar-refractivity contribution is 7.93. The Morgan fingerprint density at radius 3 is 1.83 bits per heavy atom. The molecule has 0 spiro atoms. The molecule has 1 saturated carbocycles. The summed E-state index contributed by atoms with van der Waals surface area (Å²) in [7, 11) is -12.4.